The van der Waals surface area contributed by atoms with Crippen LogP contribution in [0.15, 0.2) is 0 Å². The van der Waals surface area contributed by atoms with Crippen molar-refractivity contribution in [3.8, 4) is 0 Å². The van der Waals surface area contributed by atoms with Gasteiger partial charge in [-0.05, 0) is 76.5 Å². The largest absolute Gasteiger partial charge is 0.317 e. The third-order valence-corrected chi connectivity index (χ3v) is 4.75. The van der Waals surface area contributed by atoms with Crippen LogP contribution in [-0.4, -0.2) is 38.1 Å². The summed E-state index contributed by atoms with van der Waals surface area (Å²) in [6, 6.07) is 0. The zero-order valence-corrected chi connectivity index (χ0v) is 11.8. The summed E-state index contributed by atoms with van der Waals surface area (Å²) in [6.45, 7) is 7.22. The highest BCUT2D eigenvalue weighted by Gasteiger charge is 2.39. The van der Waals surface area contributed by atoms with E-state index in [9.17, 15) is 0 Å². The van der Waals surface area contributed by atoms with Gasteiger partial charge >= 0.3 is 0 Å². The minimum atomic E-state index is 1.03. The highest BCUT2D eigenvalue weighted by Crippen LogP contribution is 2.48. The topological polar surface area (TPSA) is 15.3 Å². The molecule has 0 spiro atoms. The molecule has 2 aliphatic carbocycles. The molecule has 3 atom stereocenters. The molecule has 17 heavy (non-hydrogen) atoms. The summed E-state index contributed by atoms with van der Waals surface area (Å²) in [5.41, 5.74) is 0. The molecule has 2 heteroatoms. The van der Waals surface area contributed by atoms with Gasteiger partial charge in [0.05, 0.1) is 0 Å². The van der Waals surface area contributed by atoms with Crippen LogP contribution in [0, 0.1) is 17.8 Å². The van der Waals surface area contributed by atoms with Gasteiger partial charge in [0, 0.05) is 6.54 Å². The van der Waals surface area contributed by atoms with E-state index in [1.54, 1.807) is 6.42 Å². The van der Waals surface area contributed by atoms with Crippen molar-refractivity contribution >= 4 is 0 Å². The second-order valence-electron chi connectivity index (χ2n) is 6.30. The van der Waals surface area contributed by atoms with Gasteiger partial charge in [-0.25, -0.2) is 0 Å². The van der Waals surface area contributed by atoms with Crippen molar-refractivity contribution in [1.29, 1.82) is 0 Å². The Bertz CT molecular complexity index is 217. The van der Waals surface area contributed by atoms with E-state index in [1.807, 2.05) is 0 Å². The maximum Gasteiger partial charge on any atom is 0.000937 e. The van der Waals surface area contributed by atoms with Gasteiger partial charge in [-0.15, -0.1) is 0 Å². The number of hydrogen-bond donors (Lipinski definition) is 1. The van der Waals surface area contributed by atoms with Gasteiger partial charge in [0.2, 0.25) is 0 Å². The van der Waals surface area contributed by atoms with Crippen LogP contribution >= 0.6 is 0 Å². The molecule has 2 rings (SSSR count). The zero-order valence-electron chi connectivity index (χ0n) is 11.8. The van der Waals surface area contributed by atoms with E-state index in [4.69, 9.17) is 0 Å². The minimum Gasteiger partial charge on any atom is -0.317 e. The lowest BCUT2D eigenvalue weighted by Gasteiger charge is -2.27. The fourth-order valence-corrected chi connectivity index (χ4v) is 3.87. The molecule has 2 aliphatic rings. The SMILES string of the molecule is CCCNCCCN(C)CC1CC2CCC1C2. The molecule has 3 unspecified atom stereocenters. The van der Waals surface area contributed by atoms with E-state index in [0.29, 0.717) is 0 Å². The molecule has 0 saturated heterocycles. The van der Waals surface area contributed by atoms with Crippen LogP contribution in [0.25, 0.3) is 0 Å². The number of nitrogens with one attached hydrogen (secondary N) is 1. The van der Waals surface area contributed by atoms with Gasteiger partial charge in [-0.2, -0.15) is 0 Å². The lowest BCUT2D eigenvalue weighted by atomic mass is 9.88. The fourth-order valence-electron chi connectivity index (χ4n) is 3.87. The number of nitrogens with zero attached hydrogens (tertiary/aromatic N) is 1. The summed E-state index contributed by atoms with van der Waals surface area (Å²) >= 11 is 0. The predicted molar refractivity (Wildman–Crippen MR) is 74.2 cm³/mol. The van der Waals surface area contributed by atoms with Crippen molar-refractivity contribution in [3.63, 3.8) is 0 Å². The first-order valence-electron chi connectivity index (χ1n) is 7.68. The standard InChI is InChI=1S/C15H30N2/c1-3-7-16-8-4-9-17(2)12-15-11-13-5-6-14(15)10-13/h13-16H,3-12H2,1-2H3. The van der Waals surface area contributed by atoms with E-state index in [-0.39, 0.29) is 0 Å². The van der Waals surface area contributed by atoms with E-state index in [2.05, 4.69) is 24.2 Å². The number of fused-ring (bicyclic) bond motifs is 2. The third-order valence-electron chi connectivity index (χ3n) is 4.75. The van der Waals surface area contributed by atoms with E-state index >= 15 is 0 Å². The Morgan fingerprint density at radius 1 is 1.18 bits per heavy atom. The van der Waals surface area contributed by atoms with Gasteiger partial charge in [0.25, 0.3) is 0 Å². The molecule has 1 N–H and O–H groups in total. The summed E-state index contributed by atoms with van der Waals surface area (Å²) in [5, 5.41) is 3.48. The Hall–Kier alpha value is -0.0800. The highest BCUT2D eigenvalue weighted by atomic mass is 15.1. The molecule has 2 saturated carbocycles. The first-order valence-corrected chi connectivity index (χ1v) is 7.68. The Morgan fingerprint density at radius 3 is 2.71 bits per heavy atom. The van der Waals surface area contributed by atoms with Crippen LogP contribution < -0.4 is 5.32 Å². The molecule has 0 aliphatic heterocycles. The summed E-state index contributed by atoms with van der Waals surface area (Å²) < 4.78 is 0. The van der Waals surface area contributed by atoms with Gasteiger partial charge in [0.15, 0.2) is 0 Å². The first kappa shape index (κ1) is 13.4. The fraction of sp³-hybridized carbons (Fsp3) is 1.00. The normalized spacial score (nSPS) is 31.6. The Balaban J connectivity index is 1.53. The van der Waals surface area contributed by atoms with Crippen molar-refractivity contribution in [2.75, 3.05) is 33.2 Å². The van der Waals surface area contributed by atoms with Crippen LogP contribution in [0.1, 0.15) is 45.4 Å². The molecule has 0 aromatic rings. The lowest BCUT2D eigenvalue weighted by Crippen LogP contribution is -2.31. The van der Waals surface area contributed by atoms with E-state index in [0.717, 1.165) is 17.8 Å². The smallest absolute Gasteiger partial charge is 0.000937 e. The molecular weight excluding hydrogens is 208 g/mol. The molecule has 0 amide bonds. The average molecular weight is 238 g/mol. The summed E-state index contributed by atoms with van der Waals surface area (Å²) in [5.74, 6) is 3.22. The lowest BCUT2D eigenvalue weighted by molar-refractivity contribution is 0.218. The van der Waals surface area contributed by atoms with Crippen molar-refractivity contribution in [3.05, 3.63) is 0 Å². The molecule has 2 fully saturated rings. The third kappa shape index (κ3) is 3.96. The molecule has 2 bridgehead atoms. The molecule has 2 nitrogen and oxygen atoms in total. The van der Waals surface area contributed by atoms with Gasteiger partial charge < -0.3 is 10.2 Å². The molecule has 0 heterocycles. The average Bonchev–Trinajstić information content (AvgIpc) is 2.90. The quantitative estimate of drug-likeness (QED) is 0.654. The monoisotopic (exact) mass is 238 g/mol. The van der Waals surface area contributed by atoms with Crippen LogP contribution in [0.5, 0.6) is 0 Å². The van der Waals surface area contributed by atoms with Crippen LogP contribution in [0.2, 0.25) is 0 Å². The van der Waals surface area contributed by atoms with Gasteiger partial charge in [-0.3, -0.25) is 0 Å². The summed E-state index contributed by atoms with van der Waals surface area (Å²) in [4.78, 5) is 2.57. The molecular formula is C15H30N2. The molecule has 100 valence electrons. The molecule has 0 radical (unpaired) electrons. The van der Waals surface area contributed by atoms with Gasteiger partial charge in [-0.1, -0.05) is 13.3 Å². The highest BCUT2D eigenvalue weighted by molar-refractivity contribution is 4.90. The number of rotatable bonds is 8. The predicted octanol–water partition coefficient (Wildman–Crippen LogP) is 2.74. The maximum atomic E-state index is 3.48. The van der Waals surface area contributed by atoms with Crippen LogP contribution in [0.3, 0.4) is 0 Å². The van der Waals surface area contributed by atoms with E-state index < -0.39 is 0 Å². The van der Waals surface area contributed by atoms with Crippen molar-refractivity contribution in [2.24, 2.45) is 17.8 Å². The number of hydrogen-bond acceptors (Lipinski definition) is 2. The van der Waals surface area contributed by atoms with Crippen LogP contribution in [0.4, 0.5) is 0 Å². The minimum absolute atomic E-state index is 1.03. The Kier molecular flexibility index (Phi) is 5.30. The van der Waals surface area contributed by atoms with Crippen LogP contribution in [-0.2, 0) is 0 Å². The first-order chi connectivity index (χ1) is 8.29. The zero-order chi connectivity index (χ0) is 12.1. The second-order valence-corrected chi connectivity index (χ2v) is 6.30. The summed E-state index contributed by atoms with van der Waals surface area (Å²) in [6.07, 6.45) is 8.70. The maximum absolute atomic E-state index is 3.48. The molecule has 0 aromatic heterocycles. The Labute approximate surface area is 107 Å². The second kappa shape index (κ2) is 6.75. The van der Waals surface area contributed by atoms with Crippen molar-refractivity contribution < 1.29 is 0 Å². The molecule has 0 aromatic carbocycles. The summed E-state index contributed by atoms with van der Waals surface area (Å²) in [7, 11) is 2.31. The van der Waals surface area contributed by atoms with Crippen molar-refractivity contribution in [2.45, 2.75) is 45.4 Å². The Morgan fingerprint density at radius 2 is 2.06 bits per heavy atom. The van der Waals surface area contributed by atoms with Crippen molar-refractivity contribution in [1.82, 2.24) is 10.2 Å². The van der Waals surface area contributed by atoms with Gasteiger partial charge in [0.1, 0.15) is 0 Å². The van der Waals surface area contributed by atoms with E-state index in [1.165, 1.54) is 58.3 Å².